The summed E-state index contributed by atoms with van der Waals surface area (Å²) in [6.45, 7) is 7.01. The van der Waals surface area contributed by atoms with Crippen molar-refractivity contribution in [1.29, 1.82) is 0 Å². The van der Waals surface area contributed by atoms with E-state index in [0.717, 1.165) is 29.9 Å². The van der Waals surface area contributed by atoms with Crippen molar-refractivity contribution >= 4 is 23.3 Å². The molecule has 1 amide bonds. The van der Waals surface area contributed by atoms with Crippen molar-refractivity contribution in [3.8, 4) is 0 Å². The topological polar surface area (TPSA) is 82.7 Å². The molecule has 0 aliphatic carbocycles. The van der Waals surface area contributed by atoms with Gasteiger partial charge in [0.05, 0.1) is 6.61 Å². The monoisotopic (exact) mass is 372 g/mol. The Labute approximate surface area is 159 Å². The van der Waals surface area contributed by atoms with Gasteiger partial charge in [-0.3, -0.25) is 15.0 Å². The van der Waals surface area contributed by atoms with Crippen LogP contribution in [0.25, 0.3) is 0 Å². The normalized spacial score (nSPS) is 27.4. The fourth-order valence-electron chi connectivity index (χ4n) is 4.73. The van der Waals surface area contributed by atoms with E-state index < -0.39 is 6.04 Å². The van der Waals surface area contributed by atoms with Crippen LogP contribution in [0, 0.1) is 12.8 Å². The molecule has 7 nitrogen and oxygen atoms in total. The van der Waals surface area contributed by atoms with Crippen LogP contribution in [0.5, 0.6) is 0 Å². The molecule has 3 aliphatic rings. The number of hydrogen-bond acceptors (Lipinski definition) is 6. The first kappa shape index (κ1) is 18.3. The highest BCUT2D eigenvalue weighted by Gasteiger charge is 2.43. The predicted octanol–water partition coefficient (Wildman–Crippen LogP) is 1.68. The van der Waals surface area contributed by atoms with Crippen molar-refractivity contribution in [3.63, 3.8) is 0 Å². The molecular weight excluding hydrogens is 344 g/mol. The molecule has 7 heteroatoms. The predicted molar refractivity (Wildman–Crippen MR) is 104 cm³/mol. The first-order valence-corrected chi connectivity index (χ1v) is 9.93. The summed E-state index contributed by atoms with van der Waals surface area (Å²) in [7, 11) is 0. The minimum absolute atomic E-state index is 0.0167. The number of carbonyl (C=O) groups is 2. The number of carbonyl (C=O) groups excluding carboxylic acids is 2. The van der Waals surface area contributed by atoms with Crippen LogP contribution < -0.4 is 21.1 Å². The third kappa shape index (κ3) is 3.30. The maximum atomic E-state index is 12.5. The lowest BCUT2D eigenvalue weighted by atomic mass is 9.76. The Morgan fingerprint density at radius 2 is 2.07 bits per heavy atom. The molecule has 0 spiro atoms. The number of hydrazine groups is 1. The van der Waals surface area contributed by atoms with Crippen LogP contribution >= 0.6 is 0 Å². The molecule has 1 aromatic rings. The maximum Gasteiger partial charge on any atom is 0.324 e. The standard InChI is InChI=1S/C20H28N4O3/c1-3-27-20(26)19-15(11-21-23-19)14-10-17(25)22-18-12(2)16(7-6-13(14)18)24-8-4-5-9-24/h6-7,14-15,19,21,23H,3-5,8-11H2,1-2H3,(H,22,25). The Morgan fingerprint density at radius 3 is 2.81 bits per heavy atom. The van der Waals surface area contributed by atoms with Gasteiger partial charge in [0.1, 0.15) is 6.04 Å². The molecule has 4 rings (SSSR count). The van der Waals surface area contributed by atoms with Crippen LogP contribution in [0.3, 0.4) is 0 Å². The molecule has 0 radical (unpaired) electrons. The number of esters is 1. The summed E-state index contributed by atoms with van der Waals surface area (Å²) in [5.74, 6) is -0.281. The summed E-state index contributed by atoms with van der Waals surface area (Å²) >= 11 is 0. The average Bonchev–Trinajstić information content (AvgIpc) is 3.34. The van der Waals surface area contributed by atoms with Crippen LogP contribution in [0.4, 0.5) is 11.4 Å². The van der Waals surface area contributed by atoms with Gasteiger partial charge in [0.15, 0.2) is 0 Å². The Balaban J connectivity index is 1.67. The maximum absolute atomic E-state index is 12.5. The molecule has 3 unspecified atom stereocenters. The molecule has 0 saturated carbocycles. The zero-order chi connectivity index (χ0) is 19.0. The number of benzene rings is 1. The van der Waals surface area contributed by atoms with E-state index in [0.29, 0.717) is 19.6 Å². The number of nitrogens with one attached hydrogen (secondary N) is 3. The molecule has 27 heavy (non-hydrogen) atoms. The Morgan fingerprint density at radius 1 is 1.30 bits per heavy atom. The van der Waals surface area contributed by atoms with Gasteiger partial charge >= 0.3 is 5.97 Å². The Bertz CT molecular complexity index is 745. The highest BCUT2D eigenvalue weighted by molar-refractivity contribution is 5.97. The van der Waals surface area contributed by atoms with Gasteiger partial charge in [0, 0.05) is 49.3 Å². The molecule has 3 heterocycles. The molecule has 3 N–H and O–H groups in total. The molecule has 0 aromatic heterocycles. The molecule has 2 fully saturated rings. The Kier molecular flexibility index (Phi) is 5.06. The van der Waals surface area contributed by atoms with Crippen molar-refractivity contribution < 1.29 is 14.3 Å². The number of rotatable bonds is 4. The van der Waals surface area contributed by atoms with Gasteiger partial charge in [-0.1, -0.05) is 6.07 Å². The van der Waals surface area contributed by atoms with E-state index in [1.54, 1.807) is 0 Å². The summed E-state index contributed by atoms with van der Waals surface area (Å²) < 4.78 is 5.22. The molecular formula is C20H28N4O3. The van der Waals surface area contributed by atoms with E-state index in [4.69, 9.17) is 4.74 Å². The van der Waals surface area contributed by atoms with E-state index >= 15 is 0 Å². The van der Waals surface area contributed by atoms with Gasteiger partial charge in [-0.2, -0.15) is 0 Å². The third-order valence-corrected chi connectivity index (χ3v) is 6.07. The van der Waals surface area contributed by atoms with Crippen LogP contribution in [0.15, 0.2) is 12.1 Å². The van der Waals surface area contributed by atoms with Gasteiger partial charge in [0.25, 0.3) is 0 Å². The number of amides is 1. The zero-order valence-electron chi connectivity index (χ0n) is 16.0. The zero-order valence-corrected chi connectivity index (χ0v) is 16.0. The number of ether oxygens (including phenoxy) is 1. The highest BCUT2D eigenvalue weighted by atomic mass is 16.5. The number of hydrogen-bond donors (Lipinski definition) is 3. The van der Waals surface area contributed by atoms with Gasteiger partial charge in [-0.25, -0.2) is 5.43 Å². The molecule has 3 aliphatic heterocycles. The van der Waals surface area contributed by atoms with Crippen LogP contribution in [0.2, 0.25) is 0 Å². The van der Waals surface area contributed by atoms with E-state index in [1.165, 1.54) is 18.5 Å². The first-order chi connectivity index (χ1) is 13.1. The fraction of sp³-hybridized carbons (Fsp3) is 0.600. The summed E-state index contributed by atoms with van der Waals surface area (Å²) in [6.07, 6.45) is 2.82. The average molecular weight is 372 g/mol. The first-order valence-electron chi connectivity index (χ1n) is 9.93. The summed E-state index contributed by atoms with van der Waals surface area (Å²) in [5, 5.41) is 3.09. The minimum atomic E-state index is -0.438. The fourth-order valence-corrected chi connectivity index (χ4v) is 4.73. The lowest BCUT2D eigenvalue weighted by molar-refractivity contribution is -0.146. The van der Waals surface area contributed by atoms with Crippen LogP contribution in [0.1, 0.15) is 43.2 Å². The molecule has 1 aromatic carbocycles. The van der Waals surface area contributed by atoms with E-state index in [1.807, 2.05) is 6.92 Å². The smallest absolute Gasteiger partial charge is 0.324 e. The largest absolute Gasteiger partial charge is 0.465 e. The Hall–Kier alpha value is -2.12. The van der Waals surface area contributed by atoms with Crippen LogP contribution in [-0.4, -0.2) is 44.2 Å². The van der Waals surface area contributed by atoms with Crippen molar-refractivity contribution in [2.75, 3.05) is 36.5 Å². The molecule has 3 atom stereocenters. The second-order valence-electron chi connectivity index (χ2n) is 7.65. The summed E-state index contributed by atoms with van der Waals surface area (Å²) in [4.78, 5) is 27.2. The SMILES string of the molecule is CCOC(=O)C1NNCC1C1CC(=O)Nc2c1ccc(N1CCCC1)c2C. The number of nitrogens with zero attached hydrogens (tertiary/aromatic N) is 1. The lowest BCUT2D eigenvalue weighted by Crippen LogP contribution is -2.42. The molecule has 146 valence electrons. The van der Waals surface area contributed by atoms with Gasteiger partial charge in [0.2, 0.25) is 5.91 Å². The highest BCUT2D eigenvalue weighted by Crippen LogP contribution is 2.43. The molecule has 2 saturated heterocycles. The number of fused-ring (bicyclic) bond motifs is 1. The molecule has 0 bridgehead atoms. The van der Waals surface area contributed by atoms with Crippen molar-refractivity contribution in [3.05, 3.63) is 23.3 Å². The van der Waals surface area contributed by atoms with Crippen molar-refractivity contribution in [1.82, 2.24) is 10.9 Å². The van der Waals surface area contributed by atoms with E-state index in [-0.39, 0.29) is 23.7 Å². The van der Waals surface area contributed by atoms with Gasteiger partial charge in [-0.05, 0) is 43.9 Å². The van der Waals surface area contributed by atoms with E-state index in [2.05, 4.69) is 40.1 Å². The van der Waals surface area contributed by atoms with Crippen LogP contribution in [-0.2, 0) is 14.3 Å². The summed E-state index contributed by atoms with van der Waals surface area (Å²) in [5.41, 5.74) is 10.5. The quantitative estimate of drug-likeness (QED) is 0.698. The van der Waals surface area contributed by atoms with Gasteiger partial charge in [-0.15, -0.1) is 0 Å². The van der Waals surface area contributed by atoms with Gasteiger partial charge < -0.3 is 15.0 Å². The third-order valence-electron chi connectivity index (χ3n) is 6.07. The number of anilines is 2. The minimum Gasteiger partial charge on any atom is -0.465 e. The van der Waals surface area contributed by atoms with E-state index in [9.17, 15) is 9.59 Å². The second-order valence-corrected chi connectivity index (χ2v) is 7.65. The second kappa shape index (κ2) is 7.48. The van der Waals surface area contributed by atoms with Crippen molar-refractivity contribution in [2.24, 2.45) is 5.92 Å². The lowest BCUT2D eigenvalue weighted by Gasteiger charge is -2.34. The summed E-state index contributed by atoms with van der Waals surface area (Å²) in [6, 6.07) is 3.88. The van der Waals surface area contributed by atoms with Crippen molar-refractivity contribution in [2.45, 2.75) is 45.1 Å².